The lowest BCUT2D eigenvalue weighted by Gasteiger charge is -2.12. The van der Waals surface area contributed by atoms with E-state index in [4.69, 9.17) is 16.6 Å². The van der Waals surface area contributed by atoms with E-state index >= 15 is 0 Å². The van der Waals surface area contributed by atoms with Crippen LogP contribution >= 0.6 is 11.6 Å². The zero-order valence-electron chi connectivity index (χ0n) is 10.9. The van der Waals surface area contributed by atoms with E-state index in [9.17, 15) is 0 Å². The number of aromatic nitrogens is 2. The molecule has 1 atom stereocenters. The molecule has 0 bridgehead atoms. The molecule has 3 heteroatoms. The number of hydrogen-bond donors (Lipinski definition) is 0. The van der Waals surface area contributed by atoms with Crippen molar-refractivity contribution in [2.45, 2.75) is 39.6 Å². The third kappa shape index (κ3) is 2.32. The van der Waals surface area contributed by atoms with E-state index in [1.54, 1.807) is 0 Å². The molecule has 1 aromatic carbocycles. The van der Waals surface area contributed by atoms with Gasteiger partial charge in [-0.15, -0.1) is 11.6 Å². The predicted octanol–water partition coefficient (Wildman–Crippen LogP) is 4.30. The Labute approximate surface area is 108 Å². The van der Waals surface area contributed by atoms with Crippen molar-refractivity contribution >= 4 is 22.6 Å². The van der Waals surface area contributed by atoms with Gasteiger partial charge in [0, 0.05) is 6.54 Å². The fourth-order valence-electron chi connectivity index (χ4n) is 2.17. The molecule has 0 aliphatic rings. The number of rotatable bonds is 3. The highest BCUT2D eigenvalue weighted by atomic mass is 35.5. The van der Waals surface area contributed by atoms with Crippen LogP contribution < -0.4 is 0 Å². The van der Waals surface area contributed by atoms with Crippen LogP contribution in [0.25, 0.3) is 11.0 Å². The summed E-state index contributed by atoms with van der Waals surface area (Å²) in [7, 11) is 0. The van der Waals surface area contributed by atoms with Crippen molar-refractivity contribution < 1.29 is 0 Å². The van der Waals surface area contributed by atoms with Crippen molar-refractivity contribution in [3.8, 4) is 0 Å². The molecule has 1 aromatic heterocycles. The average Bonchev–Trinajstić information content (AvgIpc) is 2.58. The summed E-state index contributed by atoms with van der Waals surface area (Å²) in [6.45, 7) is 9.47. The number of aryl methyl sites for hydroxylation is 1. The van der Waals surface area contributed by atoms with Gasteiger partial charge in [-0.05, 0) is 31.4 Å². The van der Waals surface area contributed by atoms with Gasteiger partial charge in [-0.1, -0.05) is 26.0 Å². The Bertz CT molecular complexity index is 526. The molecule has 0 fully saturated rings. The number of imidazole rings is 1. The molecule has 0 radical (unpaired) electrons. The molecule has 1 unspecified atom stereocenters. The van der Waals surface area contributed by atoms with Crippen molar-refractivity contribution in [3.63, 3.8) is 0 Å². The fourth-order valence-corrected chi connectivity index (χ4v) is 2.33. The molecule has 0 aliphatic heterocycles. The number of nitrogens with zero attached hydrogens (tertiary/aromatic N) is 2. The summed E-state index contributed by atoms with van der Waals surface area (Å²) in [5.74, 6) is 1.56. The van der Waals surface area contributed by atoms with Crippen LogP contribution in [-0.4, -0.2) is 9.55 Å². The van der Waals surface area contributed by atoms with Crippen LogP contribution in [0.5, 0.6) is 0 Å². The highest BCUT2D eigenvalue weighted by Crippen LogP contribution is 2.27. The van der Waals surface area contributed by atoms with E-state index in [-0.39, 0.29) is 5.38 Å². The van der Waals surface area contributed by atoms with Gasteiger partial charge < -0.3 is 4.57 Å². The zero-order chi connectivity index (χ0) is 12.6. The quantitative estimate of drug-likeness (QED) is 0.743. The van der Waals surface area contributed by atoms with E-state index in [0.717, 1.165) is 17.9 Å². The predicted molar refractivity (Wildman–Crippen MR) is 73.6 cm³/mol. The molecule has 1 heterocycles. The van der Waals surface area contributed by atoms with Gasteiger partial charge in [0.15, 0.2) is 0 Å². The summed E-state index contributed by atoms with van der Waals surface area (Å²) in [5, 5.41) is -0.0550. The second-order valence-corrected chi connectivity index (χ2v) is 5.69. The molecular weight excluding hydrogens is 232 g/mol. The topological polar surface area (TPSA) is 17.8 Å². The molecule has 0 N–H and O–H groups in total. The highest BCUT2D eigenvalue weighted by molar-refractivity contribution is 6.20. The summed E-state index contributed by atoms with van der Waals surface area (Å²) in [6.07, 6.45) is 0. The molecule has 92 valence electrons. The number of halogens is 1. The molecule has 2 aromatic rings. The lowest BCUT2D eigenvalue weighted by Crippen LogP contribution is -2.08. The Balaban J connectivity index is 2.67. The molecule has 0 spiro atoms. The minimum Gasteiger partial charge on any atom is -0.326 e. The van der Waals surface area contributed by atoms with Crippen LogP contribution in [0.1, 0.15) is 37.5 Å². The highest BCUT2D eigenvalue weighted by Gasteiger charge is 2.16. The largest absolute Gasteiger partial charge is 0.326 e. The second kappa shape index (κ2) is 4.69. The fraction of sp³-hybridized carbons (Fsp3) is 0.500. The molecule has 0 saturated heterocycles. The maximum absolute atomic E-state index is 6.23. The maximum Gasteiger partial charge on any atom is 0.127 e. The van der Waals surface area contributed by atoms with Crippen LogP contribution in [-0.2, 0) is 6.54 Å². The van der Waals surface area contributed by atoms with Crippen molar-refractivity contribution in [1.29, 1.82) is 0 Å². The van der Waals surface area contributed by atoms with Crippen LogP contribution in [0.3, 0.4) is 0 Å². The Morgan fingerprint density at radius 3 is 2.59 bits per heavy atom. The number of fused-ring (bicyclic) bond motifs is 1. The van der Waals surface area contributed by atoms with Crippen molar-refractivity contribution in [3.05, 3.63) is 29.6 Å². The molecule has 2 nitrogen and oxygen atoms in total. The Kier molecular flexibility index (Phi) is 3.43. The van der Waals surface area contributed by atoms with Crippen LogP contribution in [0, 0.1) is 12.8 Å². The molecule has 0 aliphatic carbocycles. The first-order chi connectivity index (χ1) is 8.00. The van der Waals surface area contributed by atoms with Gasteiger partial charge in [0.2, 0.25) is 0 Å². The van der Waals surface area contributed by atoms with Crippen LogP contribution in [0.2, 0.25) is 0 Å². The summed E-state index contributed by atoms with van der Waals surface area (Å²) < 4.78 is 2.25. The minimum absolute atomic E-state index is 0.0550. The summed E-state index contributed by atoms with van der Waals surface area (Å²) in [4.78, 5) is 4.70. The number of hydrogen-bond acceptors (Lipinski definition) is 1. The Morgan fingerprint density at radius 1 is 1.29 bits per heavy atom. The van der Waals surface area contributed by atoms with E-state index < -0.39 is 0 Å². The van der Waals surface area contributed by atoms with Gasteiger partial charge in [0.1, 0.15) is 5.82 Å². The van der Waals surface area contributed by atoms with Crippen LogP contribution in [0.4, 0.5) is 0 Å². The molecule has 0 amide bonds. The molecule has 17 heavy (non-hydrogen) atoms. The third-order valence-corrected chi connectivity index (χ3v) is 3.11. The van der Waals surface area contributed by atoms with Gasteiger partial charge >= 0.3 is 0 Å². The second-order valence-electron chi connectivity index (χ2n) is 5.03. The maximum atomic E-state index is 6.23. The van der Waals surface area contributed by atoms with Crippen molar-refractivity contribution in [2.75, 3.05) is 0 Å². The third-order valence-electron chi connectivity index (χ3n) is 2.91. The first kappa shape index (κ1) is 12.4. The van der Waals surface area contributed by atoms with Gasteiger partial charge in [-0.3, -0.25) is 0 Å². The SMILES string of the molecule is Cc1cccc2c1nc(C(C)Cl)n2CC(C)C. The van der Waals surface area contributed by atoms with Crippen molar-refractivity contribution in [2.24, 2.45) is 5.92 Å². The standard InChI is InChI=1S/C14H19ClN2/c1-9(2)8-17-12-7-5-6-10(3)13(12)16-14(17)11(4)15/h5-7,9,11H,8H2,1-4H3. The zero-order valence-corrected chi connectivity index (χ0v) is 11.6. The lowest BCUT2D eigenvalue weighted by atomic mass is 10.2. The monoisotopic (exact) mass is 250 g/mol. The van der Waals surface area contributed by atoms with E-state index in [1.807, 2.05) is 6.92 Å². The van der Waals surface area contributed by atoms with Crippen LogP contribution in [0.15, 0.2) is 18.2 Å². The van der Waals surface area contributed by atoms with E-state index in [2.05, 4.69) is 43.5 Å². The summed E-state index contributed by atoms with van der Waals surface area (Å²) >= 11 is 6.23. The van der Waals surface area contributed by atoms with E-state index in [1.165, 1.54) is 11.1 Å². The number of benzene rings is 1. The van der Waals surface area contributed by atoms with Crippen molar-refractivity contribution in [1.82, 2.24) is 9.55 Å². The first-order valence-corrected chi connectivity index (χ1v) is 6.54. The normalized spacial score (nSPS) is 13.5. The lowest BCUT2D eigenvalue weighted by molar-refractivity contribution is 0.517. The van der Waals surface area contributed by atoms with Gasteiger partial charge in [0.25, 0.3) is 0 Å². The Hall–Kier alpha value is -1.02. The van der Waals surface area contributed by atoms with Gasteiger partial charge in [-0.2, -0.15) is 0 Å². The smallest absolute Gasteiger partial charge is 0.127 e. The summed E-state index contributed by atoms with van der Waals surface area (Å²) in [6, 6.07) is 6.30. The first-order valence-electron chi connectivity index (χ1n) is 6.10. The van der Waals surface area contributed by atoms with E-state index in [0.29, 0.717) is 5.92 Å². The molecule has 0 saturated carbocycles. The van der Waals surface area contributed by atoms with Gasteiger partial charge in [0.05, 0.1) is 16.4 Å². The minimum atomic E-state index is -0.0550. The number of para-hydroxylation sites is 1. The average molecular weight is 251 g/mol. The molecular formula is C14H19ClN2. The molecule has 2 rings (SSSR count). The van der Waals surface area contributed by atoms with Gasteiger partial charge in [-0.25, -0.2) is 4.98 Å². The Morgan fingerprint density at radius 2 is 2.00 bits per heavy atom. The number of alkyl halides is 1. The summed E-state index contributed by atoms with van der Waals surface area (Å²) in [5.41, 5.74) is 3.49.